The van der Waals surface area contributed by atoms with Crippen molar-refractivity contribution in [3.05, 3.63) is 29.6 Å². The first-order valence-electron chi connectivity index (χ1n) is 6.83. The lowest BCUT2D eigenvalue weighted by Crippen LogP contribution is -2.33. The highest BCUT2D eigenvalue weighted by atomic mass is 19.1. The highest BCUT2D eigenvalue weighted by Gasteiger charge is 2.13. The maximum atomic E-state index is 14.1. The molecule has 3 nitrogen and oxygen atoms in total. The van der Waals surface area contributed by atoms with Crippen LogP contribution in [0, 0.1) is 5.82 Å². The summed E-state index contributed by atoms with van der Waals surface area (Å²) in [5.74, 6) is -0.259. The molecule has 0 bridgehead atoms. The quantitative estimate of drug-likeness (QED) is 0.823. The minimum absolute atomic E-state index is 0.259. The summed E-state index contributed by atoms with van der Waals surface area (Å²) in [6.45, 7) is 6.25. The zero-order valence-corrected chi connectivity index (χ0v) is 12.4. The summed E-state index contributed by atoms with van der Waals surface area (Å²) in [4.78, 5) is 4.14. The molecule has 0 aromatic heterocycles. The topological polar surface area (TPSA) is 26.7 Å². The van der Waals surface area contributed by atoms with Crippen LogP contribution in [0.3, 0.4) is 0 Å². The number of benzene rings is 1. The number of hydrogen-bond acceptors (Lipinski definition) is 3. The summed E-state index contributed by atoms with van der Waals surface area (Å²) < 4.78 is 14.1. The van der Waals surface area contributed by atoms with Crippen molar-refractivity contribution in [3.8, 4) is 0 Å². The summed E-state index contributed by atoms with van der Waals surface area (Å²) in [6.07, 6.45) is 0.343. The number of rotatable bonds is 7. The fourth-order valence-electron chi connectivity index (χ4n) is 1.98. The zero-order valence-electron chi connectivity index (χ0n) is 12.4. The third-order valence-electron chi connectivity index (χ3n) is 3.11. The van der Waals surface area contributed by atoms with E-state index in [1.165, 1.54) is 6.07 Å². The normalized spacial score (nSPS) is 12.8. The third-order valence-corrected chi connectivity index (χ3v) is 3.11. The Labute approximate surface area is 115 Å². The molecule has 0 aliphatic carbocycles. The Bertz CT molecular complexity index is 394. The van der Waals surface area contributed by atoms with Gasteiger partial charge < -0.3 is 14.9 Å². The molecule has 0 aliphatic heterocycles. The van der Waals surface area contributed by atoms with Gasteiger partial charge in [0.1, 0.15) is 5.82 Å². The Kier molecular flexibility index (Phi) is 6.25. The van der Waals surface area contributed by atoms with Gasteiger partial charge in [0.15, 0.2) is 0 Å². The number of hydrogen-bond donors (Lipinski definition) is 1. The lowest BCUT2D eigenvalue weighted by atomic mass is 10.1. The Hall–Kier alpha value is -1.13. The maximum absolute atomic E-state index is 14.1. The average molecular weight is 268 g/mol. The largest absolute Gasteiger partial charge is 0.389 e. The highest BCUT2D eigenvalue weighted by Crippen LogP contribution is 2.23. The Morgan fingerprint density at radius 2 is 1.89 bits per heavy atom. The fourth-order valence-corrected chi connectivity index (χ4v) is 1.98. The fraction of sp³-hybridized carbons (Fsp3) is 0.600. The standard InChI is InChI=1S/C15H25FN2O/c1-5-8-18(10-9-17(3)4)15-7-6-13(12(2)19)11-14(15)16/h6-7,11-12,19H,5,8-10H2,1-4H3. The number of halogens is 1. The van der Waals surface area contributed by atoms with Crippen molar-refractivity contribution in [2.75, 3.05) is 38.6 Å². The Balaban J connectivity index is 2.89. The molecule has 0 fully saturated rings. The number of anilines is 1. The van der Waals surface area contributed by atoms with E-state index in [0.29, 0.717) is 11.3 Å². The second-order valence-corrected chi connectivity index (χ2v) is 5.18. The van der Waals surface area contributed by atoms with E-state index in [9.17, 15) is 9.50 Å². The Morgan fingerprint density at radius 3 is 2.37 bits per heavy atom. The van der Waals surface area contributed by atoms with Gasteiger partial charge in [0.25, 0.3) is 0 Å². The van der Waals surface area contributed by atoms with E-state index in [2.05, 4.69) is 16.7 Å². The molecular formula is C15H25FN2O. The molecule has 0 aliphatic rings. The summed E-state index contributed by atoms with van der Waals surface area (Å²) in [5, 5.41) is 9.47. The van der Waals surface area contributed by atoms with Crippen molar-refractivity contribution in [1.29, 1.82) is 0 Å². The van der Waals surface area contributed by atoms with Gasteiger partial charge in [0.2, 0.25) is 0 Å². The van der Waals surface area contributed by atoms with Crippen LogP contribution >= 0.6 is 0 Å². The number of nitrogens with zero attached hydrogens (tertiary/aromatic N) is 2. The molecule has 1 atom stereocenters. The van der Waals surface area contributed by atoms with Crippen molar-refractivity contribution in [3.63, 3.8) is 0 Å². The molecule has 1 unspecified atom stereocenters. The van der Waals surface area contributed by atoms with E-state index < -0.39 is 6.10 Å². The lowest BCUT2D eigenvalue weighted by Gasteiger charge is -2.26. The molecule has 1 rings (SSSR count). The van der Waals surface area contributed by atoms with E-state index in [4.69, 9.17) is 0 Å². The lowest BCUT2D eigenvalue weighted by molar-refractivity contribution is 0.199. The Morgan fingerprint density at radius 1 is 1.21 bits per heavy atom. The van der Waals surface area contributed by atoms with Gasteiger partial charge in [-0.1, -0.05) is 13.0 Å². The van der Waals surface area contributed by atoms with Gasteiger partial charge in [-0.25, -0.2) is 4.39 Å². The van der Waals surface area contributed by atoms with Crippen LogP contribution in [0.2, 0.25) is 0 Å². The summed E-state index contributed by atoms with van der Waals surface area (Å²) in [6, 6.07) is 4.99. The summed E-state index contributed by atoms with van der Waals surface area (Å²) in [5.41, 5.74) is 1.23. The molecule has 0 heterocycles. The molecule has 1 N–H and O–H groups in total. The van der Waals surface area contributed by atoms with Crippen LogP contribution in [0.5, 0.6) is 0 Å². The second-order valence-electron chi connectivity index (χ2n) is 5.18. The predicted octanol–water partition coefficient (Wildman–Crippen LogP) is 2.66. The predicted molar refractivity (Wildman–Crippen MR) is 78.1 cm³/mol. The first-order chi connectivity index (χ1) is 8.95. The average Bonchev–Trinajstić information content (AvgIpc) is 2.34. The smallest absolute Gasteiger partial charge is 0.146 e. The zero-order chi connectivity index (χ0) is 14.4. The van der Waals surface area contributed by atoms with Crippen LogP contribution in [-0.4, -0.2) is 43.7 Å². The molecule has 19 heavy (non-hydrogen) atoms. The number of aliphatic hydroxyl groups excluding tert-OH is 1. The van der Waals surface area contributed by atoms with E-state index in [1.807, 2.05) is 14.1 Å². The van der Waals surface area contributed by atoms with Gasteiger partial charge in [-0.3, -0.25) is 0 Å². The van der Waals surface area contributed by atoms with Crippen molar-refractivity contribution in [2.24, 2.45) is 0 Å². The number of likely N-dealkylation sites (N-methyl/N-ethyl adjacent to an activating group) is 1. The number of aliphatic hydroxyl groups is 1. The van der Waals surface area contributed by atoms with Crippen molar-refractivity contribution < 1.29 is 9.50 Å². The minimum atomic E-state index is -0.634. The van der Waals surface area contributed by atoms with Crippen LogP contribution in [0.1, 0.15) is 31.9 Å². The molecular weight excluding hydrogens is 243 g/mol. The highest BCUT2D eigenvalue weighted by molar-refractivity contribution is 5.49. The first kappa shape index (κ1) is 15.9. The third kappa shape index (κ3) is 4.80. The van der Waals surface area contributed by atoms with Crippen LogP contribution < -0.4 is 4.90 Å². The molecule has 0 spiro atoms. The van der Waals surface area contributed by atoms with E-state index in [1.54, 1.807) is 19.1 Å². The summed E-state index contributed by atoms with van der Waals surface area (Å²) in [7, 11) is 4.02. The molecule has 0 amide bonds. The molecule has 4 heteroatoms. The van der Waals surface area contributed by atoms with Crippen molar-refractivity contribution in [2.45, 2.75) is 26.4 Å². The van der Waals surface area contributed by atoms with Crippen molar-refractivity contribution >= 4 is 5.69 Å². The molecule has 1 aromatic carbocycles. The molecule has 0 saturated carbocycles. The van der Waals surface area contributed by atoms with Crippen molar-refractivity contribution in [1.82, 2.24) is 4.90 Å². The minimum Gasteiger partial charge on any atom is -0.389 e. The van der Waals surface area contributed by atoms with Gasteiger partial charge in [0.05, 0.1) is 11.8 Å². The van der Waals surface area contributed by atoms with Crippen LogP contribution in [-0.2, 0) is 0 Å². The van der Waals surface area contributed by atoms with Gasteiger partial charge >= 0.3 is 0 Å². The van der Waals surface area contributed by atoms with E-state index in [-0.39, 0.29) is 5.82 Å². The monoisotopic (exact) mass is 268 g/mol. The van der Waals surface area contributed by atoms with Gasteiger partial charge in [-0.05, 0) is 45.1 Å². The molecule has 0 saturated heterocycles. The maximum Gasteiger partial charge on any atom is 0.146 e. The van der Waals surface area contributed by atoms with E-state index in [0.717, 1.165) is 26.1 Å². The van der Waals surface area contributed by atoms with Crippen LogP contribution in [0.15, 0.2) is 18.2 Å². The second kappa shape index (κ2) is 7.46. The SMILES string of the molecule is CCCN(CCN(C)C)c1ccc(C(C)O)cc1F. The molecule has 1 aromatic rings. The van der Waals surface area contributed by atoms with Gasteiger partial charge in [-0.15, -0.1) is 0 Å². The van der Waals surface area contributed by atoms with E-state index >= 15 is 0 Å². The van der Waals surface area contributed by atoms with Crippen LogP contribution in [0.4, 0.5) is 10.1 Å². The summed E-state index contributed by atoms with van der Waals surface area (Å²) >= 11 is 0. The van der Waals surface area contributed by atoms with Crippen LogP contribution in [0.25, 0.3) is 0 Å². The first-order valence-corrected chi connectivity index (χ1v) is 6.83. The molecule has 0 radical (unpaired) electrons. The van der Waals surface area contributed by atoms with Gasteiger partial charge in [0, 0.05) is 19.6 Å². The molecule has 108 valence electrons. The van der Waals surface area contributed by atoms with Gasteiger partial charge in [-0.2, -0.15) is 0 Å².